The lowest BCUT2D eigenvalue weighted by atomic mass is 9.86. The summed E-state index contributed by atoms with van der Waals surface area (Å²) in [6.45, 7) is 15.4. The third-order valence-corrected chi connectivity index (χ3v) is 4.87. The molecular formula is C15H32N2. The molecule has 2 unspecified atom stereocenters. The molecule has 0 saturated carbocycles. The Morgan fingerprint density at radius 2 is 1.88 bits per heavy atom. The fraction of sp³-hybridized carbons (Fsp3) is 1.00. The Hall–Kier alpha value is -0.0800. The highest BCUT2D eigenvalue weighted by molar-refractivity contribution is 4.97. The Morgan fingerprint density at radius 1 is 1.24 bits per heavy atom. The molecule has 1 aliphatic heterocycles. The zero-order valence-corrected chi connectivity index (χ0v) is 12.6. The second kappa shape index (κ2) is 6.75. The molecule has 0 aliphatic carbocycles. The molecule has 0 radical (unpaired) electrons. The first-order valence-electron chi connectivity index (χ1n) is 7.60. The molecule has 0 aromatic rings. The van der Waals surface area contributed by atoms with Crippen LogP contribution in [0, 0.1) is 5.92 Å². The first-order chi connectivity index (χ1) is 8.11. The standard InChI is InChI=1S/C15H32N2/c1-6-13(5)10-17-11-14(7-2)16-12-15(17,8-3)9-4/h13-14,16H,6-12H2,1-5H3. The quantitative estimate of drug-likeness (QED) is 0.766. The fourth-order valence-electron chi connectivity index (χ4n) is 2.96. The number of nitrogens with zero attached hydrogens (tertiary/aromatic N) is 1. The van der Waals surface area contributed by atoms with Crippen molar-refractivity contribution in [1.29, 1.82) is 0 Å². The van der Waals surface area contributed by atoms with Gasteiger partial charge in [0.15, 0.2) is 0 Å². The number of hydrogen-bond donors (Lipinski definition) is 1. The van der Waals surface area contributed by atoms with Crippen LogP contribution in [0.15, 0.2) is 0 Å². The molecule has 1 N–H and O–H groups in total. The highest BCUT2D eigenvalue weighted by Crippen LogP contribution is 2.28. The monoisotopic (exact) mass is 240 g/mol. The molecule has 0 amide bonds. The van der Waals surface area contributed by atoms with E-state index in [0.717, 1.165) is 5.92 Å². The van der Waals surface area contributed by atoms with E-state index in [1.54, 1.807) is 0 Å². The van der Waals surface area contributed by atoms with Crippen LogP contribution in [0.1, 0.15) is 60.3 Å². The molecule has 2 atom stereocenters. The lowest BCUT2D eigenvalue weighted by molar-refractivity contribution is 0.0194. The van der Waals surface area contributed by atoms with Gasteiger partial charge in [0.05, 0.1) is 0 Å². The average molecular weight is 240 g/mol. The summed E-state index contributed by atoms with van der Waals surface area (Å²) < 4.78 is 0. The minimum atomic E-state index is 0.412. The summed E-state index contributed by atoms with van der Waals surface area (Å²) in [5.41, 5.74) is 0.412. The summed E-state index contributed by atoms with van der Waals surface area (Å²) in [6.07, 6.45) is 5.08. The van der Waals surface area contributed by atoms with Gasteiger partial charge in [-0.1, -0.05) is 41.0 Å². The number of nitrogens with one attached hydrogen (secondary N) is 1. The second-order valence-electron chi connectivity index (χ2n) is 5.84. The van der Waals surface area contributed by atoms with Crippen molar-refractivity contribution in [3.8, 4) is 0 Å². The summed E-state index contributed by atoms with van der Waals surface area (Å²) in [5.74, 6) is 0.822. The summed E-state index contributed by atoms with van der Waals surface area (Å²) in [6, 6.07) is 0.699. The molecule has 17 heavy (non-hydrogen) atoms. The van der Waals surface area contributed by atoms with Gasteiger partial charge in [0.2, 0.25) is 0 Å². The Kier molecular flexibility index (Phi) is 5.94. The lowest BCUT2D eigenvalue weighted by Crippen LogP contribution is -2.64. The lowest BCUT2D eigenvalue weighted by Gasteiger charge is -2.50. The van der Waals surface area contributed by atoms with E-state index in [9.17, 15) is 0 Å². The summed E-state index contributed by atoms with van der Waals surface area (Å²) >= 11 is 0. The number of hydrogen-bond acceptors (Lipinski definition) is 2. The van der Waals surface area contributed by atoms with Crippen LogP contribution >= 0.6 is 0 Å². The SMILES string of the molecule is CCC(C)CN1CC(CC)NCC1(CC)CC. The predicted octanol–water partition coefficient (Wildman–Crippen LogP) is 3.28. The van der Waals surface area contributed by atoms with Crippen molar-refractivity contribution in [3.05, 3.63) is 0 Å². The smallest absolute Gasteiger partial charge is 0.0329 e. The van der Waals surface area contributed by atoms with Crippen LogP contribution in [-0.4, -0.2) is 36.1 Å². The van der Waals surface area contributed by atoms with E-state index in [1.165, 1.54) is 45.3 Å². The van der Waals surface area contributed by atoms with Crippen molar-refractivity contribution >= 4 is 0 Å². The molecule has 1 saturated heterocycles. The first kappa shape index (κ1) is 15.0. The zero-order valence-electron chi connectivity index (χ0n) is 12.6. The van der Waals surface area contributed by atoms with Crippen LogP contribution < -0.4 is 5.32 Å². The van der Waals surface area contributed by atoms with Crippen molar-refractivity contribution in [2.75, 3.05) is 19.6 Å². The van der Waals surface area contributed by atoms with Crippen LogP contribution in [-0.2, 0) is 0 Å². The van der Waals surface area contributed by atoms with Gasteiger partial charge in [-0.25, -0.2) is 0 Å². The maximum Gasteiger partial charge on any atom is 0.0329 e. The van der Waals surface area contributed by atoms with Gasteiger partial charge >= 0.3 is 0 Å². The highest BCUT2D eigenvalue weighted by Gasteiger charge is 2.38. The van der Waals surface area contributed by atoms with Gasteiger partial charge in [-0.05, 0) is 25.2 Å². The minimum Gasteiger partial charge on any atom is -0.311 e. The third kappa shape index (κ3) is 3.45. The summed E-state index contributed by atoms with van der Waals surface area (Å²) in [4.78, 5) is 2.78. The molecule has 1 fully saturated rings. The Balaban J connectivity index is 2.73. The van der Waals surface area contributed by atoms with Gasteiger partial charge in [-0.15, -0.1) is 0 Å². The molecule has 0 bridgehead atoms. The van der Waals surface area contributed by atoms with Crippen molar-refractivity contribution in [2.45, 2.75) is 71.9 Å². The van der Waals surface area contributed by atoms with Crippen molar-refractivity contribution in [3.63, 3.8) is 0 Å². The van der Waals surface area contributed by atoms with Crippen LogP contribution in [0.3, 0.4) is 0 Å². The highest BCUT2D eigenvalue weighted by atomic mass is 15.3. The maximum absolute atomic E-state index is 3.74. The summed E-state index contributed by atoms with van der Waals surface area (Å²) in [7, 11) is 0. The van der Waals surface area contributed by atoms with E-state index < -0.39 is 0 Å². The van der Waals surface area contributed by atoms with Gasteiger partial charge in [-0.2, -0.15) is 0 Å². The maximum atomic E-state index is 3.74. The van der Waals surface area contributed by atoms with Gasteiger partial charge in [0.25, 0.3) is 0 Å². The molecule has 1 heterocycles. The number of rotatable bonds is 6. The third-order valence-electron chi connectivity index (χ3n) is 4.87. The van der Waals surface area contributed by atoms with Crippen LogP contribution in [0.2, 0.25) is 0 Å². The molecule has 1 rings (SSSR count). The molecule has 0 spiro atoms. The Morgan fingerprint density at radius 3 is 2.35 bits per heavy atom. The van der Waals surface area contributed by atoms with Gasteiger partial charge in [-0.3, -0.25) is 4.90 Å². The largest absolute Gasteiger partial charge is 0.311 e. The van der Waals surface area contributed by atoms with E-state index in [-0.39, 0.29) is 0 Å². The van der Waals surface area contributed by atoms with E-state index in [0.29, 0.717) is 11.6 Å². The average Bonchev–Trinajstić information content (AvgIpc) is 2.38. The molecule has 1 aliphatic rings. The Bertz CT molecular complexity index is 209. The van der Waals surface area contributed by atoms with Crippen LogP contribution in [0.25, 0.3) is 0 Å². The van der Waals surface area contributed by atoms with E-state index >= 15 is 0 Å². The number of piperazine rings is 1. The molecular weight excluding hydrogens is 208 g/mol. The first-order valence-corrected chi connectivity index (χ1v) is 7.60. The minimum absolute atomic E-state index is 0.412. The second-order valence-corrected chi connectivity index (χ2v) is 5.84. The Labute approximate surface area is 108 Å². The fourth-order valence-corrected chi connectivity index (χ4v) is 2.96. The van der Waals surface area contributed by atoms with E-state index in [2.05, 4.69) is 44.8 Å². The molecule has 102 valence electrons. The van der Waals surface area contributed by atoms with Gasteiger partial charge in [0.1, 0.15) is 0 Å². The topological polar surface area (TPSA) is 15.3 Å². The van der Waals surface area contributed by atoms with Crippen molar-refractivity contribution in [1.82, 2.24) is 10.2 Å². The molecule has 2 heteroatoms. The van der Waals surface area contributed by atoms with Gasteiger partial charge < -0.3 is 5.32 Å². The van der Waals surface area contributed by atoms with E-state index in [1.807, 2.05) is 0 Å². The van der Waals surface area contributed by atoms with Crippen LogP contribution in [0.5, 0.6) is 0 Å². The van der Waals surface area contributed by atoms with Crippen LogP contribution in [0.4, 0.5) is 0 Å². The molecule has 2 nitrogen and oxygen atoms in total. The van der Waals surface area contributed by atoms with E-state index in [4.69, 9.17) is 0 Å². The predicted molar refractivity (Wildman–Crippen MR) is 76.4 cm³/mol. The molecule has 0 aromatic heterocycles. The van der Waals surface area contributed by atoms with Crippen molar-refractivity contribution < 1.29 is 0 Å². The summed E-state index contributed by atoms with van der Waals surface area (Å²) in [5, 5.41) is 3.74. The normalized spacial score (nSPS) is 27.0. The zero-order chi connectivity index (χ0) is 12.9. The van der Waals surface area contributed by atoms with Crippen molar-refractivity contribution in [2.24, 2.45) is 5.92 Å². The van der Waals surface area contributed by atoms with Gasteiger partial charge in [0, 0.05) is 31.2 Å². The molecule has 0 aromatic carbocycles.